The van der Waals surface area contributed by atoms with Crippen LogP contribution in [0.3, 0.4) is 0 Å². The molecule has 0 unspecified atom stereocenters. The van der Waals surface area contributed by atoms with E-state index in [4.69, 9.17) is 42.8 Å². The minimum atomic E-state index is -0.918. The van der Waals surface area contributed by atoms with Crippen LogP contribution in [0.4, 0.5) is 0 Å². The third-order valence-electron chi connectivity index (χ3n) is 5.68. The first-order valence-corrected chi connectivity index (χ1v) is 11.2. The molecule has 0 saturated heterocycles. The van der Waals surface area contributed by atoms with Gasteiger partial charge in [0.15, 0.2) is 0 Å². The number of methoxy groups -OCH3 is 1. The summed E-state index contributed by atoms with van der Waals surface area (Å²) in [7, 11) is 1.50. The summed E-state index contributed by atoms with van der Waals surface area (Å²) in [6, 6.07) is 9.30. The van der Waals surface area contributed by atoms with Crippen LogP contribution in [0.5, 0.6) is 5.75 Å². The van der Waals surface area contributed by atoms with Crippen LogP contribution in [0, 0.1) is 0 Å². The fourth-order valence-electron chi connectivity index (χ4n) is 4.03. The number of halogens is 2. The number of carbonyl (C=O) groups is 2. The van der Waals surface area contributed by atoms with Gasteiger partial charge in [0, 0.05) is 29.6 Å². The number of carboxylic acid groups (broad SMARTS) is 1. The smallest absolute Gasteiger partial charge is 0.305 e. The van der Waals surface area contributed by atoms with Crippen molar-refractivity contribution in [3.05, 3.63) is 57.1 Å². The molecular formula is C24H22Cl2N2O6. The van der Waals surface area contributed by atoms with Gasteiger partial charge in [-0.2, -0.15) is 0 Å². The van der Waals surface area contributed by atoms with E-state index in [-0.39, 0.29) is 42.1 Å². The lowest BCUT2D eigenvalue weighted by Gasteiger charge is -2.15. The number of aliphatic hydroxyl groups excluding tert-OH is 1. The first-order valence-electron chi connectivity index (χ1n) is 10.5. The van der Waals surface area contributed by atoms with Gasteiger partial charge in [0.25, 0.3) is 0 Å². The topological polar surface area (TPSA) is 109 Å². The number of carbonyl (C=O) groups excluding carboxylic acids is 1. The summed E-state index contributed by atoms with van der Waals surface area (Å²) in [6.07, 6.45) is -0.0725. The van der Waals surface area contributed by atoms with E-state index in [2.05, 4.69) is 0 Å². The zero-order valence-electron chi connectivity index (χ0n) is 18.3. The molecule has 1 amide bonds. The third-order valence-corrected chi connectivity index (χ3v) is 6.52. The molecule has 0 saturated carbocycles. The number of pyridine rings is 1. The Morgan fingerprint density at radius 1 is 1.15 bits per heavy atom. The van der Waals surface area contributed by atoms with Gasteiger partial charge in [-0.1, -0.05) is 41.4 Å². The quantitative estimate of drug-likeness (QED) is 0.445. The number of ether oxygens (including phenoxy) is 2. The van der Waals surface area contributed by atoms with Gasteiger partial charge in [0.05, 0.1) is 43.0 Å². The summed E-state index contributed by atoms with van der Waals surface area (Å²) in [4.78, 5) is 29.4. The van der Waals surface area contributed by atoms with Crippen LogP contribution in [0.25, 0.3) is 22.2 Å². The first kappa shape index (κ1) is 24.2. The molecule has 4 rings (SSSR count). The number of fused-ring (bicyclic) bond motifs is 3. The normalized spacial score (nSPS) is 12.8. The van der Waals surface area contributed by atoms with Crippen molar-refractivity contribution in [3.63, 3.8) is 0 Å². The van der Waals surface area contributed by atoms with E-state index >= 15 is 0 Å². The molecule has 178 valence electrons. The van der Waals surface area contributed by atoms with Crippen molar-refractivity contribution >= 4 is 46.0 Å². The molecule has 1 aliphatic rings. The van der Waals surface area contributed by atoms with Crippen molar-refractivity contribution in [1.29, 1.82) is 0 Å². The highest BCUT2D eigenvalue weighted by Gasteiger charge is 2.30. The van der Waals surface area contributed by atoms with Gasteiger partial charge < -0.3 is 24.6 Å². The maximum atomic E-state index is 12.3. The second-order valence-corrected chi connectivity index (χ2v) is 8.58. The van der Waals surface area contributed by atoms with E-state index in [1.807, 2.05) is 24.3 Å². The van der Waals surface area contributed by atoms with Crippen molar-refractivity contribution in [2.75, 3.05) is 20.3 Å². The summed E-state index contributed by atoms with van der Waals surface area (Å²) >= 11 is 13.0. The van der Waals surface area contributed by atoms with Crippen molar-refractivity contribution in [1.82, 2.24) is 9.88 Å². The molecule has 2 heterocycles. The van der Waals surface area contributed by atoms with Gasteiger partial charge >= 0.3 is 5.97 Å². The van der Waals surface area contributed by atoms with E-state index in [0.29, 0.717) is 23.5 Å². The van der Waals surface area contributed by atoms with E-state index in [1.54, 1.807) is 11.0 Å². The predicted octanol–water partition coefficient (Wildman–Crippen LogP) is 4.04. The van der Waals surface area contributed by atoms with Crippen molar-refractivity contribution in [2.45, 2.75) is 26.1 Å². The van der Waals surface area contributed by atoms with E-state index in [9.17, 15) is 14.7 Å². The zero-order valence-corrected chi connectivity index (χ0v) is 19.8. The fourth-order valence-corrected chi connectivity index (χ4v) is 4.49. The number of aromatic nitrogens is 1. The molecule has 3 aromatic rings. The molecule has 2 aromatic carbocycles. The van der Waals surface area contributed by atoms with Gasteiger partial charge in [-0.15, -0.1) is 0 Å². The molecule has 0 spiro atoms. The first-order chi connectivity index (χ1) is 16.3. The molecule has 0 radical (unpaired) electrons. The molecule has 0 aliphatic carbocycles. The lowest BCUT2D eigenvalue weighted by molar-refractivity contribution is -0.138. The lowest BCUT2D eigenvalue weighted by Crippen LogP contribution is -2.27. The monoisotopic (exact) mass is 504 g/mol. The largest absolute Gasteiger partial charge is 0.495 e. The summed E-state index contributed by atoms with van der Waals surface area (Å²) in [6.45, 7) is 0.343. The average molecular weight is 505 g/mol. The van der Waals surface area contributed by atoms with Crippen molar-refractivity contribution < 1.29 is 29.3 Å². The Kier molecular flexibility index (Phi) is 7.23. The molecule has 1 aliphatic heterocycles. The SMILES string of the molecule is COc1cc2c3c(c(-c4cccc(COCCC(=O)O)c4)nc2c(Cl)c1Cl)CN(C(=O)CO)C3. The number of hydrogen-bond donors (Lipinski definition) is 2. The van der Waals surface area contributed by atoms with Gasteiger partial charge in [-0.25, -0.2) is 4.98 Å². The Hall–Kier alpha value is -2.91. The molecule has 1 aromatic heterocycles. The van der Waals surface area contributed by atoms with E-state index in [1.165, 1.54) is 7.11 Å². The fraction of sp³-hybridized carbons (Fsp3) is 0.292. The number of carboxylic acids is 1. The van der Waals surface area contributed by atoms with Gasteiger partial charge in [0.1, 0.15) is 17.4 Å². The predicted molar refractivity (Wildman–Crippen MR) is 127 cm³/mol. The summed E-state index contributed by atoms with van der Waals surface area (Å²) in [5.41, 5.74) is 4.48. The molecule has 0 bridgehead atoms. The van der Waals surface area contributed by atoms with Crippen LogP contribution in [0.2, 0.25) is 10.0 Å². The summed E-state index contributed by atoms with van der Waals surface area (Å²) < 4.78 is 10.8. The Bertz CT molecular complexity index is 1280. The van der Waals surface area contributed by atoms with Crippen LogP contribution >= 0.6 is 23.2 Å². The maximum Gasteiger partial charge on any atom is 0.305 e. The molecule has 10 heteroatoms. The third kappa shape index (κ3) is 4.67. The highest BCUT2D eigenvalue weighted by atomic mass is 35.5. The second kappa shape index (κ2) is 10.1. The standard InChI is InChI=1S/C24H22Cl2N2O6/c1-33-18-8-15-16-9-28(19(30)11-29)10-17(16)23(27-24(15)22(26)21(18)25)14-4-2-3-13(7-14)12-34-6-5-20(31)32/h2-4,7-8,29H,5-6,9-12H2,1H3,(H,31,32). The second-order valence-electron chi connectivity index (χ2n) is 7.83. The minimum absolute atomic E-state index is 0.0725. The molecule has 8 nitrogen and oxygen atoms in total. The maximum absolute atomic E-state index is 12.3. The van der Waals surface area contributed by atoms with Gasteiger partial charge in [-0.3, -0.25) is 9.59 Å². The number of hydrogen-bond acceptors (Lipinski definition) is 6. The zero-order chi connectivity index (χ0) is 24.4. The Morgan fingerprint density at radius 3 is 2.62 bits per heavy atom. The molecule has 2 N–H and O–H groups in total. The van der Waals surface area contributed by atoms with E-state index < -0.39 is 12.6 Å². The van der Waals surface area contributed by atoms with Crippen LogP contribution in [0.1, 0.15) is 23.1 Å². The van der Waals surface area contributed by atoms with Crippen LogP contribution in [-0.4, -0.2) is 52.3 Å². The summed E-state index contributed by atoms with van der Waals surface area (Å²) in [5.74, 6) is -0.898. The number of amides is 1. The lowest BCUT2D eigenvalue weighted by atomic mass is 9.97. The van der Waals surface area contributed by atoms with Crippen LogP contribution in [0.15, 0.2) is 30.3 Å². The average Bonchev–Trinajstić information content (AvgIpc) is 3.29. The number of rotatable bonds is 8. The number of benzene rings is 2. The van der Waals surface area contributed by atoms with Crippen LogP contribution in [-0.2, 0) is 34.0 Å². The van der Waals surface area contributed by atoms with Gasteiger partial charge in [-0.05, 0) is 23.3 Å². The van der Waals surface area contributed by atoms with Crippen LogP contribution < -0.4 is 4.74 Å². The Balaban J connectivity index is 1.81. The Morgan fingerprint density at radius 2 is 1.91 bits per heavy atom. The molecule has 0 fully saturated rings. The Labute approximate surface area is 205 Å². The number of nitrogens with zero attached hydrogens (tertiary/aromatic N) is 2. The van der Waals surface area contributed by atoms with Crippen molar-refractivity contribution in [2.24, 2.45) is 0 Å². The van der Waals surface area contributed by atoms with Crippen molar-refractivity contribution in [3.8, 4) is 17.0 Å². The highest BCUT2D eigenvalue weighted by Crippen LogP contribution is 2.43. The van der Waals surface area contributed by atoms with E-state index in [0.717, 1.165) is 27.6 Å². The number of aliphatic carboxylic acids is 1. The molecular weight excluding hydrogens is 483 g/mol. The minimum Gasteiger partial charge on any atom is -0.495 e. The summed E-state index contributed by atoms with van der Waals surface area (Å²) in [5, 5.41) is 19.4. The van der Waals surface area contributed by atoms with Gasteiger partial charge in [0.2, 0.25) is 5.91 Å². The highest BCUT2D eigenvalue weighted by molar-refractivity contribution is 6.46. The number of aliphatic hydroxyl groups is 1. The molecule has 34 heavy (non-hydrogen) atoms. The molecule has 0 atom stereocenters.